The van der Waals surface area contributed by atoms with Crippen LogP contribution in [0.4, 0.5) is 0 Å². The zero-order valence-corrected chi connectivity index (χ0v) is 15.3. The van der Waals surface area contributed by atoms with Crippen molar-refractivity contribution in [3.05, 3.63) is 65.7 Å². The molecular formula is C21H30B. The second kappa shape index (κ2) is 7.18. The molecule has 0 heterocycles. The summed E-state index contributed by atoms with van der Waals surface area (Å²) in [4.78, 5) is 0. The highest BCUT2D eigenvalue weighted by Crippen LogP contribution is 2.26. The summed E-state index contributed by atoms with van der Waals surface area (Å²) < 4.78 is 0. The number of rotatable bonds is 4. The quantitative estimate of drug-likeness (QED) is 0.516. The molecule has 0 N–H and O–H groups in total. The third-order valence-electron chi connectivity index (χ3n) is 3.78. The summed E-state index contributed by atoms with van der Waals surface area (Å²) in [6.45, 7) is 19.4. The van der Waals surface area contributed by atoms with Gasteiger partial charge in [-0.25, -0.2) is 0 Å². The molecule has 1 aromatic rings. The second-order valence-corrected chi connectivity index (χ2v) is 8.00. The van der Waals surface area contributed by atoms with E-state index in [0.29, 0.717) is 0 Å². The molecule has 0 atom stereocenters. The van der Waals surface area contributed by atoms with Crippen LogP contribution < -0.4 is 5.46 Å². The van der Waals surface area contributed by atoms with Gasteiger partial charge < -0.3 is 0 Å². The summed E-state index contributed by atoms with van der Waals surface area (Å²) in [5, 5.41) is 0. The second-order valence-electron chi connectivity index (χ2n) is 8.00. The summed E-state index contributed by atoms with van der Waals surface area (Å²) in [7, 11) is 2.21. The molecule has 22 heavy (non-hydrogen) atoms. The number of benzene rings is 1. The first-order chi connectivity index (χ1) is 10.0. The van der Waals surface area contributed by atoms with Crippen LogP contribution in [-0.2, 0) is 5.41 Å². The molecule has 0 saturated heterocycles. The Morgan fingerprint density at radius 2 is 1.50 bits per heavy atom. The SMILES string of the molecule is C=C/C(=C\C=C(/C)[B]c1ccc(C(C)(C)C)cc1)C(C)(C)C. The Bertz CT molecular complexity index is 557. The van der Waals surface area contributed by atoms with Crippen LogP contribution in [0.1, 0.15) is 54.0 Å². The van der Waals surface area contributed by atoms with Crippen LogP contribution >= 0.6 is 0 Å². The predicted octanol–water partition coefficient (Wildman–Crippen LogP) is 5.38. The molecule has 0 aliphatic rings. The Labute approximate surface area is 138 Å². The van der Waals surface area contributed by atoms with Crippen molar-refractivity contribution in [2.75, 3.05) is 0 Å². The molecule has 0 nitrogen and oxygen atoms in total. The Morgan fingerprint density at radius 1 is 0.955 bits per heavy atom. The monoisotopic (exact) mass is 293 g/mol. The maximum absolute atomic E-state index is 3.91. The molecule has 1 radical (unpaired) electrons. The standard InChI is InChI=1S/C21H30B/c1-9-17(20(3,4)5)11-10-16(2)22-19-14-12-18(13-15-19)21(6,7)8/h9-15H,1H2,2-8H3/b16-10+,17-11+. The molecule has 0 unspecified atom stereocenters. The van der Waals surface area contributed by atoms with Crippen molar-refractivity contribution in [1.82, 2.24) is 0 Å². The van der Waals surface area contributed by atoms with Gasteiger partial charge >= 0.3 is 0 Å². The van der Waals surface area contributed by atoms with Crippen molar-refractivity contribution in [2.45, 2.75) is 53.9 Å². The van der Waals surface area contributed by atoms with E-state index in [1.54, 1.807) is 0 Å². The topological polar surface area (TPSA) is 0 Å². The maximum Gasteiger partial charge on any atom is 0.185 e. The van der Waals surface area contributed by atoms with E-state index in [-0.39, 0.29) is 10.8 Å². The Balaban J connectivity index is 2.84. The van der Waals surface area contributed by atoms with Gasteiger partial charge in [-0.3, -0.25) is 0 Å². The lowest BCUT2D eigenvalue weighted by molar-refractivity contribution is 0.517. The van der Waals surface area contributed by atoms with Gasteiger partial charge in [0.15, 0.2) is 7.28 Å². The van der Waals surface area contributed by atoms with Crippen molar-refractivity contribution in [1.29, 1.82) is 0 Å². The summed E-state index contributed by atoms with van der Waals surface area (Å²) >= 11 is 0. The van der Waals surface area contributed by atoms with Gasteiger partial charge in [-0.1, -0.05) is 103 Å². The first-order valence-corrected chi connectivity index (χ1v) is 8.01. The average Bonchev–Trinajstić information content (AvgIpc) is 2.37. The molecule has 1 heteroatoms. The molecule has 1 aromatic carbocycles. The van der Waals surface area contributed by atoms with Crippen LogP contribution in [0.5, 0.6) is 0 Å². The van der Waals surface area contributed by atoms with Gasteiger partial charge in [0, 0.05) is 0 Å². The third-order valence-corrected chi connectivity index (χ3v) is 3.78. The molecule has 0 saturated carbocycles. The van der Waals surface area contributed by atoms with Gasteiger partial charge in [-0.05, 0) is 22.0 Å². The van der Waals surface area contributed by atoms with E-state index in [9.17, 15) is 0 Å². The molecule has 0 amide bonds. The largest absolute Gasteiger partial charge is 0.185 e. The van der Waals surface area contributed by atoms with E-state index >= 15 is 0 Å². The van der Waals surface area contributed by atoms with Crippen molar-refractivity contribution in [3.8, 4) is 0 Å². The molecule has 0 bridgehead atoms. The van der Waals surface area contributed by atoms with Crippen LogP contribution in [0.25, 0.3) is 0 Å². The Kier molecular flexibility index (Phi) is 6.05. The van der Waals surface area contributed by atoms with Crippen molar-refractivity contribution < 1.29 is 0 Å². The summed E-state index contributed by atoms with van der Waals surface area (Å²) in [6, 6.07) is 8.83. The lowest BCUT2D eigenvalue weighted by atomic mass is 9.63. The van der Waals surface area contributed by atoms with Crippen molar-refractivity contribution in [2.24, 2.45) is 5.41 Å². The van der Waals surface area contributed by atoms with E-state index in [1.165, 1.54) is 22.1 Å². The predicted molar refractivity (Wildman–Crippen MR) is 102 cm³/mol. The fourth-order valence-electron chi connectivity index (χ4n) is 2.24. The Hall–Kier alpha value is -1.50. The first-order valence-electron chi connectivity index (χ1n) is 8.01. The zero-order valence-electron chi connectivity index (χ0n) is 15.3. The molecule has 0 spiro atoms. The van der Waals surface area contributed by atoms with E-state index in [4.69, 9.17) is 0 Å². The average molecular weight is 293 g/mol. The molecular weight excluding hydrogens is 263 g/mol. The van der Waals surface area contributed by atoms with Crippen molar-refractivity contribution >= 4 is 12.7 Å². The van der Waals surface area contributed by atoms with Crippen LogP contribution in [0.2, 0.25) is 0 Å². The van der Waals surface area contributed by atoms with E-state index in [0.717, 1.165) is 0 Å². The smallest absolute Gasteiger partial charge is 0.105 e. The molecule has 0 aliphatic carbocycles. The number of hydrogen-bond acceptors (Lipinski definition) is 0. The van der Waals surface area contributed by atoms with Crippen LogP contribution in [0.15, 0.2) is 60.1 Å². The van der Waals surface area contributed by atoms with Crippen molar-refractivity contribution in [3.63, 3.8) is 0 Å². The minimum atomic E-state index is 0.132. The third kappa shape index (κ3) is 5.71. The van der Waals surface area contributed by atoms with E-state index in [1.807, 2.05) is 6.08 Å². The van der Waals surface area contributed by atoms with E-state index in [2.05, 4.69) is 98.7 Å². The fraction of sp³-hybridized carbons (Fsp3) is 0.429. The molecule has 0 aromatic heterocycles. The summed E-state index contributed by atoms with van der Waals surface area (Å²) in [5.41, 5.74) is 5.44. The lowest BCUT2D eigenvalue weighted by Gasteiger charge is -2.19. The van der Waals surface area contributed by atoms with Gasteiger partial charge in [0.2, 0.25) is 0 Å². The zero-order chi connectivity index (χ0) is 17.0. The normalized spacial score (nSPS) is 14.0. The summed E-state index contributed by atoms with van der Waals surface area (Å²) in [6.07, 6.45) is 6.28. The van der Waals surface area contributed by atoms with Crippen LogP contribution in [0, 0.1) is 5.41 Å². The minimum absolute atomic E-state index is 0.132. The van der Waals surface area contributed by atoms with Gasteiger partial charge in [-0.15, -0.1) is 5.47 Å². The Morgan fingerprint density at radius 3 is 1.91 bits per heavy atom. The highest BCUT2D eigenvalue weighted by atomic mass is 14.2. The summed E-state index contributed by atoms with van der Waals surface area (Å²) in [5.74, 6) is 0. The highest BCUT2D eigenvalue weighted by Gasteiger charge is 2.14. The highest BCUT2D eigenvalue weighted by molar-refractivity contribution is 6.60. The molecule has 1 rings (SSSR count). The lowest BCUT2D eigenvalue weighted by Crippen LogP contribution is -2.18. The molecule has 117 valence electrons. The molecule has 0 fully saturated rings. The van der Waals surface area contributed by atoms with Gasteiger partial charge in [0.25, 0.3) is 0 Å². The maximum atomic E-state index is 3.91. The van der Waals surface area contributed by atoms with Crippen LogP contribution in [0.3, 0.4) is 0 Å². The van der Waals surface area contributed by atoms with Gasteiger partial charge in [0.05, 0.1) is 0 Å². The minimum Gasteiger partial charge on any atom is -0.105 e. The first kappa shape index (κ1) is 18.6. The molecule has 0 aliphatic heterocycles. The number of allylic oxidation sites excluding steroid dienone is 5. The van der Waals surface area contributed by atoms with E-state index < -0.39 is 0 Å². The van der Waals surface area contributed by atoms with Gasteiger partial charge in [-0.2, -0.15) is 0 Å². The fourth-order valence-corrected chi connectivity index (χ4v) is 2.24. The van der Waals surface area contributed by atoms with Gasteiger partial charge in [0.1, 0.15) is 0 Å². The van der Waals surface area contributed by atoms with Crippen LogP contribution in [-0.4, -0.2) is 7.28 Å². The number of hydrogen-bond donors (Lipinski definition) is 0.